The SMILES string of the molecule is O=C1C2CC=CCC2C(=O)N1c1cc(O)c(Cl)cc1F. The third kappa shape index (κ3) is 1.81. The number of phenols is 1. The maximum Gasteiger partial charge on any atom is 0.238 e. The van der Waals surface area contributed by atoms with Crippen molar-refractivity contribution in [3.05, 3.63) is 35.1 Å². The van der Waals surface area contributed by atoms with Crippen LogP contribution < -0.4 is 4.90 Å². The van der Waals surface area contributed by atoms with Crippen LogP contribution in [0.2, 0.25) is 5.02 Å². The first-order chi connectivity index (χ1) is 9.50. The number of halogens is 2. The summed E-state index contributed by atoms with van der Waals surface area (Å²) in [5.74, 6) is -2.90. The van der Waals surface area contributed by atoms with Gasteiger partial charge in [-0.1, -0.05) is 23.8 Å². The van der Waals surface area contributed by atoms with E-state index in [1.165, 1.54) is 0 Å². The number of hydrogen-bond donors (Lipinski definition) is 1. The van der Waals surface area contributed by atoms with E-state index in [4.69, 9.17) is 11.6 Å². The van der Waals surface area contributed by atoms with Crippen LogP contribution in [0.4, 0.5) is 10.1 Å². The number of benzene rings is 1. The number of amides is 2. The summed E-state index contributed by atoms with van der Waals surface area (Å²) in [5, 5.41) is 9.39. The van der Waals surface area contributed by atoms with Gasteiger partial charge in [-0.3, -0.25) is 9.59 Å². The highest BCUT2D eigenvalue weighted by molar-refractivity contribution is 6.32. The van der Waals surface area contributed by atoms with E-state index in [2.05, 4.69) is 0 Å². The van der Waals surface area contributed by atoms with Crippen molar-refractivity contribution in [2.45, 2.75) is 12.8 Å². The smallest absolute Gasteiger partial charge is 0.238 e. The van der Waals surface area contributed by atoms with Crippen molar-refractivity contribution in [1.29, 1.82) is 0 Å². The zero-order valence-corrected chi connectivity index (χ0v) is 11.1. The average molecular weight is 296 g/mol. The number of nitrogens with zero attached hydrogens (tertiary/aromatic N) is 1. The Hall–Kier alpha value is -1.88. The normalized spacial score (nSPS) is 25.2. The molecule has 4 nitrogen and oxygen atoms in total. The molecular formula is C14H11ClFNO3. The molecule has 1 aliphatic carbocycles. The molecule has 2 aliphatic rings. The highest BCUT2D eigenvalue weighted by Gasteiger charge is 2.48. The molecule has 1 aromatic rings. The van der Waals surface area contributed by atoms with Crippen molar-refractivity contribution < 1.29 is 19.1 Å². The van der Waals surface area contributed by atoms with Crippen molar-refractivity contribution in [3.63, 3.8) is 0 Å². The van der Waals surface area contributed by atoms with Gasteiger partial charge < -0.3 is 5.11 Å². The van der Waals surface area contributed by atoms with Crippen LogP contribution in [0.25, 0.3) is 0 Å². The predicted molar refractivity (Wildman–Crippen MR) is 70.9 cm³/mol. The number of anilines is 1. The lowest BCUT2D eigenvalue weighted by Gasteiger charge is -2.16. The Morgan fingerprint density at radius 2 is 1.70 bits per heavy atom. The molecule has 0 aromatic heterocycles. The number of carbonyl (C=O) groups is 2. The minimum absolute atomic E-state index is 0.163. The number of rotatable bonds is 1. The Morgan fingerprint density at radius 1 is 1.15 bits per heavy atom. The zero-order valence-electron chi connectivity index (χ0n) is 10.3. The molecule has 104 valence electrons. The van der Waals surface area contributed by atoms with Crippen LogP contribution in [0, 0.1) is 17.7 Å². The molecule has 6 heteroatoms. The molecule has 2 unspecified atom stereocenters. The second kappa shape index (κ2) is 4.59. The van der Waals surface area contributed by atoms with E-state index in [0.29, 0.717) is 12.8 Å². The van der Waals surface area contributed by atoms with Crippen molar-refractivity contribution >= 4 is 29.1 Å². The summed E-state index contributed by atoms with van der Waals surface area (Å²) < 4.78 is 13.9. The fraction of sp³-hybridized carbons (Fsp3) is 0.286. The largest absolute Gasteiger partial charge is 0.506 e. The van der Waals surface area contributed by atoms with Crippen LogP contribution >= 0.6 is 11.6 Å². The first-order valence-corrected chi connectivity index (χ1v) is 6.59. The summed E-state index contributed by atoms with van der Waals surface area (Å²) in [5.41, 5.74) is -0.240. The van der Waals surface area contributed by atoms with Crippen LogP contribution in [0.3, 0.4) is 0 Å². The fourth-order valence-electron chi connectivity index (χ4n) is 2.74. The molecule has 1 saturated heterocycles. The number of carbonyl (C=O) groups excluding carboxylic acids is 2. The van der Waals surface area contributed by atoms with Crippen molar-refractivity contribution in [2.24, 2.45) is 11.8 Å². The predicted octanol–water partition coefficient (Wildman–Crippen LogP) is 2.64. The molecule has 2 amide bonds. The molecule has 1 N–H and O–H groups in total. The van der Waals surface area contributed by atoms with Crippen LogP contribution in [-0.4, -0.2) is 16.9 Å². The highest BCUT2D eigenvalue weighted by atomic mass is 35.5. The molecule has 1 heterocycles. The average Bonchev–Trinajstić information content (AvgIpc) is 2.68. The fourth-order valence-corrected chi connectivity index (χ4v) is 2.89. The van der Waals surface area contributed by atoms with E-state index in [0.717, 1.165) is 17.0 Å². The Labute approximate surface area is 119 Å². The van der Waals surface area contributed by atoms with Gasteiger partial charge in [0, 0.05) is 6.07 Å². The number of fused-ring (bicyclic) bond motifs is 1. The van der Waals surface area contributed by atoms with Crippen LogP contribution in [0.1, 0.15) is 12.8 Å². The standard InChI is InChI=1S/C14H11ClFNO3/c15-9-5-10(16)11(6-12(9)18)17-13(19)7-3-1-2-4-8(7)14(17)20/h1-2,5-8,18H,3-4H2. The van der Waals surface area contributed by atoms with Crippen molar-refractivity contribution in [2.75, 3.05) is 4.90 Å². The van der Waals surface area contributed by atoms with E-state index < -0.39 is 29.5 Å². The first-order valence-electron chi connectivity index (χ1n) is 6.21. The van der Waals surface area contributed by atoms with Gasteiger partial charge in [0.15, 0.2) is 0 Å². The van der Waals surface area contributed by atoms with Crippen molar-refractivity contribution in [1.82, 2.24) is 0 Å². The Bertz CT molecular complexity index is 618. The Balaban J connectivity index is 2.05. The molecule has 20 heavy (non-hydrogen) atoms. The number of imide groups is 1. The van der Waals surface area contributed by atoms with E-state index in [-0.39, 0.29) is 16.5 Å². The second-order valence-electron chi connectivity index (χ2n) is 4.92. The van der Waals surface area contributed by atoms with Gasteiger partial charge in [-0.2, -0.15) is 0 Å². The van der Waals surface area contributed by atoms with E-state index in [1.54, 1.807) is 0 Å². The van der Waals surface area contributed by atoms with Crippen LogP contribution in [0.15, 0.2) is 24.3 Å². The Kier molecular flexibility index (Phi) is 3.01. The van der Waals surface area contributed by atoms with E-state index in [1.807, 2.05) is 12.2 Å². The van der Waals surface area contributed by atoms with Gasteiger partial charge >= 0.3 is 0 Å². The molecule has 3 rings (SSSR count). The lowest BCUT2D eigenvalue weighted by molar-refractivity contribution is -0.122. The molecule has 0 saturated carbocycles. The molecule has 0 radical (unpaired) electrons. The maximum absolute atomic E-state index is 13.9. The summed E-state index contributed by atoms with van der Waals surface area (Å²) >= 11 is 5.60. The number of aromatic hydroxyl groups is 1. The minimum atomic E-state index is -0.805. The topological polar surface area (TPSA) is 57.6 Å². The highest BCUT2D eigenvalue weighted by Crippen LogP contribution is 2.40. The number of allylic oxidation sites excluding steroid dienone is 2. The maximum atomic E-state index is 13.9. The zero-order chi connectivity index (χ0) is 14.4. The van der Waals surface area contributed by atoms with Gasteiger partial charge in [0.1, 0.15) is 11.6 Å². The lowest BCUT2D eigenvalue weighted by Crippen LogP contribution is -2.31. The minimum Gasteiger partial charge on any atom is -0.506 e. The van der Waals surface area contributed by atoms with Crippen LogP contribution in [-0.2, 0) is 9.59 Å². The lowest BCUT2D eigenvalue weighted by atomic mass is 9.85. The van der Waals surface area contributed by atoms with Gasteiger partial charge in [-0.05, 0) is 18.9 Å². The molecular weight excluding hydrogens is 285 g/mol. The van der Waals surface area contributed by atoms with Crippen molar-refractivity contribution in [3.8, 4) is 5.75 Å². The summed E-state index contributed by atoms with van der Waals surface area (Å²) in [6, 6.07) is 1.91. The van der Waals surface area contributed by atoms with Gasteiger partial charge in [0.2, 0.25) is 11.8 Å². The third-order valence-corrected chi connectivity index (χ3v) is 4.07. The van der Waals surface area contributed by atoms with Crippen LogP contribution in [0.5, 0.6) is 5.75 Å². The van der Waals surface area contributed by atoms with E-state index in [9.17, 15) is 19.1 Å². The van der Waals surface area contributed by atoms with Gasteiger partial charge in [-0.15, -0.1) is 0 Å². The number of phenolic OH excluding ortho intramolecular Hbond substituents is 1. The summed E-state index contributed by atoms with van der Waals surface area (Å²) in [6.07, 6.45) is 4.66. The molecule has 1 fully saturated rings. The molecule has 1 aromatic carbocycles. The first kappa shape index (κ1) is 13.1. The summed E-state index contributed by atoms with van der Waals surface area (Å²) in [6.45, 7) is 0. The summed E-state index contributed by atoms with van der Waals surface area (Å²) in [7, 11) is 0. The summed E-state index contributed by atoms with van der Waals surface area (Å²) in [4.78, 5) is 25.4. The molecule has 0 bridgehead atoms. The molecule has 2 atom stereocenters. The quantitative estimate of drug-likeness (QED) is 0.640. The third-order valence-electron chi connectivity index (χ3n) is 3.76. The number of hydrogen-bond acceptors (Lipinski definition) is 3. The van der Waals surface area contributed by atoms with Gasteiger partial charge in [0.05, 0.1) is 22.5 Å². The van der Waals surface area contributed by atoms with E-state index >= 15 is 0 Å². The van der Waals surface area contributed by atoms with Gasteiger partial charge in [0.25, 0.3) is 0 Å². The molecule has 0 spiro atoms. The monoisotopic (exact) mass is 295 g/mol. The Morgan fingerprint density at radius 3 is 2.25 bits per heavy atom. The van der Waals surface area contributed by atoms with Gasteiger partial charge in [-0.25, -0.2) is 9.29 Å². The molecule has 1 aliphatic heterocycles. The second-order valence-corrected chi connectivity index (χ2v) is 5.33.